The highest BCUT2D eigenvalue weighted by molar-refractivity contribution is 7.92. The average molecular weight is 395 g/mol. The van der Waals surface area contributed by atoms with Crippen molar-refractivity contribution in [3.05, 3.63) is 47.0 Å². The van der Waals surface area contributed by atoms with Gasteiger partial charge in [0.05, 0.1) is 17.7 Å². The second-order valence-corrected chi connectivity index (χ2v) is 8.01. The molecule has 0 bridgehead atoms. The van der Waals surface area contributed by atoms with Crippen LogP contribution >= 0.6 is 11.6 Å². The Bertz CT molecular complexity index is 960. The predicted molar refractivity (Wildman–Crippen MR) is 102 cm³/mol. The van der Waals surface area contributed by atoms with Crippen LogP contribution in [0.2, 0.25) is 5.02 Å². The van der Waals surface area contributed by atoms with Gasteiger partial charge >= 0.3 is 0 Å². The number of amides is 1. The Morgan fingerprint density at radius 2 is 2.04 bits per heavy atom. The largest absolute Gasteiger partial charge is 0.495 e. The summed E-state index contributed by atoms with van der Waals surface area (Å²) < 4.78 is 33.2. The number of nitrogens with one attached hydrogen (secondary N) is 1. The molecule has 0 radical (unpaired) electrons. The number of halogens is 1. The summed E-state index contributed by atoms with van der Waals surface area (Å²) >= 11 is 5.96. The molecule has 2 aromatic rings. The number of benzene rings is 2. The number of hydrogen-bond donors (Lipinski definition) is 1. The van der Waals surface area contributed by atoms with Crippen molar-refractivity contribution in [2.75, 3.05) is 23.3 Å². The molecule has 0 saturated heterocycles. The number of rotatable bonds is 5. The van der Waals surface area contributed by atoms with Gasteiger partial charge in [0, 0.05) is 23.7 Å². The Hall–Kier alpha value is -2.25. The van der Waals surface area contributed by atoms with E-state index in [1.165, 1.54) is 19.2 Å². The van der Waals surface area contributed by atoms with Gasteiger partial charge in [-0.3, -0.25) is 9.52 Å². The van der Waals surface area contributed by atoms with E-state index in [1.807, 2.05) is 0 Å². The van der Waals surface area contributed by atoms with Crippen molar-refractivity contribution in [1.29, 1.82) is 0 Å². The van der Waals surface area contributed by atoms with Crippen LogP contribution in [0, 0.1) is 0 Å². The van der Waals surface area contributed by atoms with Gasteiger partial charge in [-0.15, -0.1) is 0 Å². The Balaban J connectivity index is 1.92. The average Bonchev–Trinajstić information content (AvgIpc) is 3.04. The van der Waals surface area contributed by atoms with Crippen molar-refractivity contribution >= 4 is 38.9 Å². The lowest BCUT2D eigenvalue weighted by molar-refractivity contribution is -0.118. The maximum absolute atomic E-state index is 12.8. The van der Waals surface area contributed by atoms with Gasteiger partial charge < -0.3 is 9.64 Å². The second-order valence-electron chi connectivity index (χ2n) is 5.89. The normalized spacial score (nSPS) is 13.4. The first-order valence-electron chi connectivity index (χ1n) is 8.15. The zero-order valence-electron chi connectivity index (χ0n) is 14.5. The van der Waals surface area contributed by atoms with Crippen LogP contribution in [0.15, 0.2) is 41.3 Å². The molecule has 0 aromatic heterocycles. The summed E-state index contributed by atoms with van der Waals surface area (Å²) in [5, 5.41) is 0.395. The van der Waals surface area contributed by atoms with Crippen LogP contribution in [0.4, 0.5) is 11.4 Å². The van der Waals surface area contributed by atoms with Crippen molar-refractivity contribution in [1.82, 2.24) is 0 Å². The highest BCUT2D eigenvalue weighted by Crippen LogP contribution is 2.33. The first-order chi connectivity index (χ1) is 12.4. The smallest absolute Gasteiger partial charge is 0.262 e. The summed E-state index contributed by atoms with van der Waals surface area (Å²) in [6.45, 7) is 2.38. The van der Waals surface area contributed by atoms with E-state index >= 15 is 0 Å². The maximum atomic E-state index is 12.8. The van der Waals surface area contributed by atoms with E-state index in [0.717, 1.165) is 11.3 Å². The lowest BCUT2D eigenvalue weighted by Crippen LogP contribution is -2.27. The maximum Gasteiger partial charge on any atom is 0.262 e. The molecule has 8 heteroatoms. The lowest BCUT2D eigenvalue weighted by Gasteiger charge is -2.17. The molecular formula is C18H19ClN2O4S. The summed E-state index contributed by atoms with van der Waals surface area (Å²) in [5.74, 6) is 0.403. The van der Waals surface area contributed by atoms with E-state index in [-0.39, 0.29) is 16.5 Å². The molecule has 1 amide bonds. The topological polar surface area (TPSA) is 75.7 Å². The van der Waals surface area contributed by atoms with Crippen molar-refractivity contribution in [2.45, 2.75) is 24.7 Å². The van der Waals surface area contributed by atoms with Crippen molar-refractivity contribution < 1.29 is 17.9 Å². The Morgan fingerprint density at radius 3 is 2.73 bits per heavy atom. The van der Waals surface area contributed by atoms with Gasteiger partial charge in [-0.25, -0.2) is 8.42 Å². The minimum absolute atomic E-state index is 0.0288. The van der Waals surface area contributed by atoms with Gasteiger partial charge in [-0.1, -0.05) is 18.5 Å². The van der Waals surface area contributed by atoms with Crippen molar-refractivity contribution in [2.24, 2.45) is 0 Å². The lowest BCUT2D eigenvalue weighted by atomic mass is 10.2. The minimum Gasteiger partial charge on any atom is -0.495 e. The van der Waals surface area contributed by atoms with E-state index in [4.69, 9.17) is 16.3 Å². The number of hydrogen-bond acceptors (Lipinski definition) is 4. The molecule has 0 spiro atoms. The van der Waals surface area contributed by atoms with E-state index in [2.05, 4.69) is 4.72 Å². The first kappa shape index (κ1) is 18.5. The second kappa shape index (κ2) is 7.17. The highest BCUT2D eigenvalue weighted by atomic mass is 35.5. The fraction of sp³-hybridized carbons (Fsp3) is 0.278. The van der Waals surface area contributed by atoms with Crippen LogP contribution in [-0.4, -0.2) is 28.0 Å². The SMILES string of the molecule is CCC(=O)N1CCc2cc(S(=O)(=O)Nc3cc(Cl)ccc3OC)ccc21. The monoisotopic (exact) mass is 394 g/mol. The van der Waals surface area contributed by atoms with E-state index in [0.29, 0.717) is 30.2 Å². The van der Waals surface area contributed by atoms with Gasteiger partial charge in [-0.05, 0) is 48.4 Å². The predicted octanol–water partition coefficient (Wildman–Crippen LogP) is 3.45. The zero-order valence-corrected chi connectivity index (χ0v) is 16.0. The quantitative estimate of drug-likeness (QED) is 0.842. The number of ether oxygens (including phenoxy) is 1. The Kier molecular flexibility index (Phi) is 5.11. The number of sulfonamides is 1. The molecule has 1 aliphatic heterocycles. The molecule has 26 heavy (non-hydrogen) atoms. The molecular weight excluding hydrogens is 376 g/mol. The molecule has 0 saturated carbocycles. The number of carbonyl (C=O) groups is 1. The fourth-order valence-electron chi connectivity index (χ4n) is 2.96. The third kappa shape index (κ3) is 3.50. The Morgan fingerprint density at radius 1 is 1.27 bits per heavy atom. The molecule has 2 aromatic carbocycles. The van der Waals surface area contributed by atoms with Gasteiger partial charge in [0.15, 0.2) is 0 Å². The van der Waals surface area contributed by atoms with Crippen LogP contribution in [-0.2, 0) is 21.2 Å². The molecule has 138 valence electrons. The van der Waals surface area contributed by atoms with Crippen molar-refractivity contribution in [3.8, 4) is 5.75 Å². The molecule has 1 heterocycles. The van der Waals surface area contributed by atoms with E-state index < -0.39 is 10.0 Å². The molecule has 0 aliphatic carbocycles. The van der Waals surface area contributed by atoms with Gasteiger partial charge in [0.1, 0.15) is 5.75 Å². The number of nitrogens with zero attached hydrogens (tertiary/aromatic N) is 1. The van der Waals surface area contributed by atoms with Gasteiger partial charge in [-0.2, -0.15) is 0 Å². The molecule has 0 unspecified atom stereocenters. The van der Waals surface area contributed by atoms with Crippen LogP contribution < -0.4 is 14.4 Å². The zero-order chi connectivity index (χ0) is 18.9. The fourth-order valence-corrected chi connectivity index (χ4v) is 4.24. The Labute approximate surface area is 157 Å². The molecule has 0 atom stereocenters. The molecule has 6 nitrogen and oxygen atoms in total. The van der Waals surface area contributed by atoms with Crippen LogP contribution in [0.25, 0.3) is 0 Å². The highest BCUT2D eigenvalue weighted by Gasteiger charge is 2.26. The summed E-state index contributed by atoms with van der Waals surface area (Å²) in [6.07, 6.45) is 1.04. The van der Waals surface area contributed by atoms with Gasteiger partial charge in [0.25, 0.3) is 10.0 Å². The summed E-state index contributed by atoms with van der Waals surface area (Å²) in [4.78, 5) is 13.8. The minimum atomic E-state index is -3.82. The van der Waals surface area contributed by atoms with E-state index in [1.54, 1.807) is 36.1 Å². The van der Waals surface area contributed by atoms with Crippen LogP contribution in [0.1, 0.15) is 18.9 Å². The van der Waals surface area contributed by atoms with Gasteiger partial charge in [0.2, 0.25) is 5.91 Å². The molecule has 3 rings (SSSR count). The standard InChI is InChI=1S/C18H19ClN2O4S/c1-3-18(22)21-9-8-12-10-14(5-6-16(12)21)26(23,24)20-15-11-13(19)4-7-17(15)25-2/h4-7,10-11,20H,3,8-9H2,1-2H3. The van der Waals surface area contributed by atoms with Crippen LogP contribution in [0.5, 0.6) is 5.75 Å². The number of anilines is 2. The van der Waals surface area contributed by atoms with Crippen molar-refractivity contribution in [3.63, 3.8) is 0 Å². The molecule has 1 N–H and O–H groups in total. The summed E-state index contributed by atoms with van der Waals surface area (Å²) in [5.41, 5.74) is 1.88. The summed E-state index contributed by atoms with van der Waals surface area (Å²) in [6, 6.07) is 9.49. The number of methoxy groups -OCH3 is 1. The number of fused-ring (bicyclic) bond motifs is 1. The number of carbonyl (C=O) groups excluding carboxylic acids is 1. The third-order valence-corrected chi connectivity index (χ3v) is 5.86. The third-order valence-electron chi connectivity index (χ3n) is 4.27. The van der Waals surface area contributed by atoms with Crippen LogP contribution in [0.3, 0.4) is 0 Å². The molecule has 0 fully saturated rings. The molecule has 1 aliphatic rings. The first-order valence-corrected chi connectivity index (χ1v) is 10.0. The summed E-state index contributed by atoms with van der Waals surface area (Å²) in [7, 11) is -2.37. The van der Waals surface area contributed by atoms with E-state index in [9.17, 15) is 13.2 Å².